The zero-order valence-electron chi connectivity index (χ0n) is 19.2. The van der Waals surface area contributed by atoms with Crippen LogP contribution in [0.25, 0.3) is 33.9 Å². The van der Waals surface area contributed by atoms with Crippen LogP contribution in [0.15, 0.2) is 57.0 Å². The van der Waals surface area contributed by atoms with Crippen molar-refractivity contribution < 1.29 is 18.4 Å². The molecular weight excluding hydrogens is 468 g/mol. The van der Waals surface area contributed by atoms with Crippen molar-refractivity contribution in [2.45, 2.75) is 33.4 Å². The maximum absolute atomic E-state index is 13.3. The lowest BCUT2D eigenvalue weighted by atomic mass is 10.1. The SMILES string of the molecule is CC(=O)NCc1ccc(-c2csc(NC(=O)c3cc(-c4ccco4)nc4c3cnn4C(C)C)n2)o1. The molecule has 0 saturated carbocycles. The summed E-state index contributed by atoms with van der Waals surface area (Å²) in [6.45, 7) is 5.74. The molecule has 0 radical (unpaired) electrons. The summed E-state index contributed by atoms with van der Waals surface area (Å²) in [6, 6.07) is 8.88. The first-order chi connectivity index (χ1) is 16.9. The van der Waals surface area contributed by atoms with Crippen LogP contribution in [0, 0.1) is 0 Å². The van der Waals surface area contributed by atoms with Crippen molar-refractivity contribution in [2.24, 2.45) is 0 Å². The molecule has 11 heteroatoms. The van der Waals surface area contributed by atoms with E-state index in [1.165, 1.54) is 18.3 Å². The van der Waals surface area contributed by atoms with E-state index in [0.29, 0.717) is 56.9 Å². The molecule has 2 amide bonds. The molecule has 0 atom stereocenters. The second kappa shape index (κ2) is 9.18. The Kier molecular flexibility index (Phi) is 5.91. The van der Waals surface area contributed by atoms with Crippen molar-refractivity contribution >= 4 is 39.3 Å². The summed E-state index contributed by atoms with van der Waals surface area (Å²) in [5, 5.41) is 12.8. The summed E-state index contributed by atoms with van der Waals surface area (Å²) in [5.41, 5.74) is 2.14. The van der Waals surface area contributed by atoms with E-state index in [2.05, 4.69) is 20.7 Å². The van der Waals surface area contributed by atoms with Crippen LogP contribution < -0.4 is 10.6 Å². The normalized spacial score (nSPS) is 11.3. The van der Waals surface area contributed by atoms with Crippen LogP contribution in [0.3, 0.4) is 0 Å². The summed E-state index contributed by atoms with van der Waals surface area (Å²) in [6.07, 6.45) is 3.21. The van der Waals surface area contributed by atoms with Gasteiger partial charge in [-0.1, -0.05) is 0 Å². The minimum Gasteiger partial charge on any atom is -0.463 e. The minimum atomic E-state index is -0.333. The topological polar surface area (TPSA) is 128 Å². The van der Waals surface area contributed by atoms with Crippen molar-refractivity contribution in [2.75, 3.05) is 5.32 Å². The Morgan fingerprint density at radius 3 is 2.74 bits per heavy atom. The number of carbonyl (C=O) groups excluding carboxylic acids is 2. The van der Waals surface area contributed by atoms with Crippen LogP contribution in [-0.4, -0.2) is 31.6 Å². The quantitative estimate of drug-likeness (QED) is 0.333. The van der Waals surface area contributed by atoms with Gasteiger partial charge in [0, 0.05) is 18.3 Å². The van der Waals surface area contributed by atoms with Gasteiger partial charge in [-0.3, -0.25) is 14.9 Å². The number of hydrogen-bond donors (Lipinski definition) is 2. The highest BCUT2D eigenvalue weighted by Gasteiger charge is 2.20. The van der Waals surface area contributed by atoms with E-state index >= 15 is 0 Å². The number of carbonyl (C=O) groups is 2. The molecule has 0 bridgehead atoms. The van der Waals surface area contributed by atoms with Gasteiger partial charge < -0.3 is 14.2 Å². The van der Waals surface area contributed by atoms with E-state index in [4.69, 9.17) is 13.8 Å². The van der Waals surface area contributed by atoms with Gasteiger partial charge in [0.2, 0.25) is 5.91 Å². The Morgan fingerprint density at radius 2 is 2.00 bits per heavy atom. The van der Waals surface area contributed by atoms with Gasteiger partial charge in [0.05, 0.1) is 30.0 Å². The zero-order chi connectivity index (χ0) is 24.5. The monoisotopic (exact) mass is 490 g/mol. The fraction of sp³-hybridized carbons (Fsp3) is 0.208. The fourth-order valence-corrected chi connectivity index (χ4v) is 4.26. The molecule has 0 spiro atoms. The summed E-state index contributed by atoms with van der Waals surface area (Å²) in [4.78, 5) is 33.6. The van der Waals surface area contributed by atoms with E-state index in [1.54, 1.807) is 52.9 Å². The first-order valence-corrected chi connectivity index (χ1v) is 11.8. The van der Waals surface area contributed by atoms with Crippen molar-refractivity contribution in [3.63, 3.8) is 0 Å². The molecule has 0 aliphatic rings. The number of fused-ring (bicyclic) bond motifs is 1. The van der Waals surface area contributed by atoms with Crippen LogP contribution in [0.1, 0.15) is 42.9 Å². The van der Waals surface area contributed by atoms with Gasteiger partial charge in [-0.05, 0) is 44.2 Å². The molecule has 0 saturated heterocycles. The van der Waals surface area contributed by atoms with Crippen molar-refractivity contribution in [3.8, 4) is 22.9 Å². The third-order valence-electron chi connectivity index (χ3n) is 5.22. The number of aromatic nitrogens is 4. The average Bonchev–Trinajstić information content (AvgIpc) is 3.63. The Morgan fingerprint density at radius 1 is 1.14 bits per heavy atom. The lowest BCUT2D eigenvalue weighted by Gasteiger charge is -2.09. The summed E-state index contributed by atoms with van der Waals surface area (Å²) < 4.78 is 13.0. The highest BCUT2D eigenvalue weighted by molar-refractivity contribution is 7.14. The van der Waals surface area contributed by atoms with Crippen molar-refractivity contribution in [3.05, 3.63) is 59.5 Å². The number of furan rings is 2. The molecule has 2 N–H and O–H groups in total. The molecule has 0 unspecified atom stereocenters. The van der Waals surface area contributed by atoms with Crippen LogP contribution in [-0.2, 0) is 11.3 Å². The second-order valence-corrected chi connectivity index (χ2v) is 8.98. The van der Waals surface area contributed by atoms with E-state index < -0.39 is 0 Å². The molecule has 10 nitrogen and oxygen atoms in total. The second-order valence-electron chi connectivity index (χ2n) is 8.12. The van der Waals surface area contributed by atoms with Crippen molar-refractivity contribution in [1.29, 1.82) is 0 Å². The summed E-state index contributed by atoms with van der Waals surface area (Å²) in [5.74, 6) is 1.25. The van der Waals surface area contributed by atoms with Crippen LogP contribution >= 0.6 is 11.3 Å². The number of thiazole rings is 1. The highest BCUT2D eigenvalue weighted by atomic mass is 32.1. The maximum atomic E-state index is 13.3. The lowest BCUT2D eigenvalue weighted by molar-refractivity contribution is -0.119. The molecule has 0 aromatic carbocycles. The van der Waals surface area contributed by atoms with Crippen LogP contribution in [0.4, 0.5) is 5.13 Å². The maximum Gasteiger partial charge on any atom is 0.258 e. The zero-order valence-corrected chi connectivity index (χ0v) is 20.0. The molecule has 5 aromatic rings. The minimum absolute atomic E-state index is 0.0631. The molecule has 35 heavy (non-hydrogen) atoms. The van der Waals surface area contributed by atoms with E-state index in [1.807, 2.05) is 13.8 Å². The standard InChI is InChI=1S/C24H22N6O4S/c1-13(2)30-22-17(11-26-30)16(9-18(27-22)20-5-4-8-33-20)23(32)29-24-28-19(12-35-24)21-7-6-15(34-21)10-25-14(3)31/h4-9,11-13H,10H2,1-3H3,(H,25,31)(H,28,29,32). The van der Waals surface area contributed by atoms with Gasteiger partial charge >= 0.3 is 0 Å². The third kappa shape index (κ3) is 4.58. The van der Waals surface area contributed by atoms with Crippen LogP contribution in [0.2, 0.25) is 0 Å². The Balaban J connectivity index is 1.42. The number of nitrogens with one attached hydrogen (secondary N) is 2. The molecule has 178 valence electrons. The van der Waals surface area contributed by atoms with Gasteiger partial charge in [0.15, 0.2) is 22.3 Å². The number of amides is 2. The summed E-state index contributed by atoms with van der Waals surface area (Å²) >= 11 is 1.28. The molecule has 5 rings (SSSR count). The predicted molar refractivity (Wildman–Crippen MR) is 131 cm³/mol. The van der Waals surface area contributed by atoms with E-state index in [9.17, 15) is 9.59 Å². The van der Waals surface area contributed by atoms with Crippen LogP contribution in [0.5, 0.6) is 0 Å². The molecule has 5 heterocycles. The predicted octanol–water partition coefficient (Wildman–Crippen LogP) is 4.88. The Bertz CT molecular complexity index is 1510. The Hall–Kier alpha value is -4.25. The van der Waals surface area contributed by atoms with Crippen molar-refractivity contribution in [1.82, 2.24) is 25.1 Å². The number of pyridine rings is 1. The lowest BCUT2D eigenvalue weighted by Crippen LogP contribution is -2.18. The highest BCUT2D eigenvalue weighted by Crippen LogP contribution is 2.29. The first kappa shape index (κ1) is 22.5. The smallest absolute Gasteiger partial charge is 0.258 e. The van der Waals surface area contributed by atoms with Gasteiger partial charge in [0.25, 0.3) is 5.91 Å². The Labute approximate surface area is 204 Å². The first-order valence-electron chi connectivity index (χ1n) is 10.9. The number of rotatable bonds is 7. The molecule has 5 aromatic heterocycles. The number of anilines is 1. The third-order valence-corrected chi connectivity index (χ3v) is 5.98. The molecule has 0 aliphatic heterocycles. The van der Waals surface area contributed by atoms with Gasteiger partial charge in [-0.25, -0.2) is 14.6 Å². The molecule has 0 fully saturated rings. The molecule has 0 aliphatic carbocycles. The largest absolute Gasteiger partial charge is 0.463 e. The van der Waals surface area contributed by atoms with Gasteiger partial charge in [-0.15, -0.1) is 11.3 Å². The summed E-state index contributed by atoms with van der Waals surface area (Å²) in [7, 11) is 0. The number of nitrogens with zero attached hydrogens (tertiary/aromatic N) is 4. The van der Waals surface area contributed by atoms with Gasteiger partial charge in [0.1, 0.15) is 17.1 Å². The molecular formula is C24H22N6O4S. The average molecular weight is 491 g/mol. The van der Waals surface area contributed by atoms with Gasteiger partial charge in [-0.2, -0.15) is 5.10 Å². The number of hydrogen-bond acceptors (Lipinski definition) is 8. The van der Waals surface area contributed by atoms with E-state index in [0.717, 1.165) is 0 Å². The van der Waals surface area contributed by atoms with E-state index in [-0.39, 0.29) is 17.9 Å². The fourth-order valence-electron chi connectivity index (χ4n) is 3.57.